The fourth-order valence-electron chi connectivity index (χ4n) is 2.39. The lowest BCUT2D eigenvalue weighted by Crippen LogP contribution is -2.23. The molecule has 5 nitrogen and oxygen atoms in total. The molecule has 0 atom stereocenters. The highest BCUT2D eigenvalue weighted by molar-refractivity contribution is 7.92. The molecule has 0 saturated heterocycles. The molecule has 2 N–H and O–H groups in total. The number of carbonyl (C=O) groups is 1. The smallest absolute Gasteiger partial charge is 0.261 e. The third kappa shape index (κ3) is 4.92. The van der Waals surface area contributed by atoms with Gasteiger partial charge in [-0.1, -0.05) is 30.3 Å². The molecule has 0 aromatic heterocycles. The first-order valence-electron chi connectivity index (χ1n) is 8.15. The van der Waals surface area contributed by atoms with E-state index in [1.165, 1.54) is 36.4 Å². The van der Waals surface area contributed by atoms with Gasteiger partial charge in [0.1, 0.15) is 5.82 Å². The number of carbonyl (C=O) groups excluding carboxylic acids is 1. The van der Waals surface area contributed by atoms with Gasteiger partial charge in [-0.05, 0) is 54.1 Å². The number of hydrogen-bond acceptors (Lipinski definition) is 3. The van der Waals surface area contributed by atoms with E-state index in [1.807, 2.05) is 0 Å². The number of halogens is 1. The summed E-state index contributed by atoms with van der Waals surface area (Å²) < 4.78 is 40.1. The average molecular weight is 384 g/mol. The zero-order chi connectivity index (χ0) is 19.3. The first-order chi connectivity index (χ1) is 12.9. The van der Waals surface area contributed by atoms with Crippen molar-refractivity contribution in [3.8, 4) is 0 Å². The van der Waals surface area contributed by atoms with E-state index in [0.29, 0.717) is 11.3 Å². The van der Waals surface area contributed by atoms with Crippen LogP contribution in [0.4, 0.5) is 10.1 Å². The average Bonchev–Trinajstić information content (AvgIpc) is 2.68. The second-order valence-corrected chi connectivity index (χ2v) is 7.49. The van der Waals surface area contributed by atoms with E-state index in [-0.39, 0.29) is 23.2 Å². The van der Waals surface area contributed by atoms with Crippen LogP contribution in [-0.4, -0.2) is 14.3 Å². The number of sulfonamides is 1. The topological polar surface area (TPSA) is 75.3 Å². The molecule has 3 aromatic carbocycles. The molecule has 0 spiro atoms. The van der Waals surface area contributed by atoms with Crippen molar-refractivity contribution in [3.05, 3.63) is 95.8 Å². The van der Waals surface area contributed by atoms with Crippen LogP contribution >= 0.6 is 0 Å². The Morgan fingerprint density at radius 3 is 2.11 bits per heavy atom. The summed E-state index contributed by atoms with van der Waals surface area (Å²) in [5.74, 6) is -0.690. The maximum absolute atomic E-state index is 12.9. The number of anilines is 1. The van der Waals surface area contributed by atoms with Gasteiger partial charge in [0.05, 0.1) is 4.90 Å². The second-order valence-electron chi connectivity index (χ2n) is 5.81. The van der Waals surface area contributed by atoms with Gasteiger partial charge in [-0.3, -0.25) is 9.52 Å². The van der Waals surface area contributed by atoms with E-state index in [4.69, 9.17) is 0 Å². The number of nitrogens with one attached hydrogen (secondary N) is 2. The summed E-state index contributed by atoms with van der Waals surface area (Å²) in [7, 11) is -3.73. The molecule has 7 heteroatoms. The van der Waals surface area contributed by atoms with Crippen LogP contribution in [0.15, 0.2) is 83.8 Å². The van der Waals surface area contributed by atoms with Crippen molar-refractivity contribution >= 4 is 21.6 Å². The van der Waals surface area contributed by atoms with E-state index >= 15 is 0 Å². The van der Waals surface area contributed by atoms with Crippen LogP contribution < -0.4 is 10.0 Å². The molecular formula is C20H17FN2O3S. The summed E-state index contributed by atoms with van der Waals surface area (Å²) in [6.45, 7) is 0.245. The summed E-state index contributed by atoms with van der Waals surface area (Å²) in [5.41, 5.74) is 1.55. The third-order valence-electron chi connectivity index (χ3n) is 3.82. The minimum atomic E-state index is -3.73. The molecule has 0 fully saturated rings. The fourth-order valence-corrected chi connectivity index (χ4v) is 3.45. The SMILES string of the molecule is O=C(NCc1ccc(F)cc1)c1ccc(S(=O)(=O)Nc2ccccc2)cc1. The Balaban J connectivity index is 1.65. The van der Waals surface area contributed by atoms with Crippen molar-refractivity contribution < 1.29 is 17.6 Å². The number of amides is 1. The summed E-state index contributed by atoms with van der Waals surface area (Å²) in [5, 5.41) is 2.71. The fraction of sp³-hybridized carbons (Fsp3) is 0.0500. The Labute approximate surface area is 156 Å². The number of para-hydroxylation sites is 1. The van der Waals surface area contributed by atoms with E-state index in [1.54, 1.807) is 42.5 Å². The van der Waals surface area contributed by atoms with Crippen molar-refractivity contribution in [2.75, 3.05) is 4.72 Å². The van der Waals surface area contributed by atoms with Gasteiger partial charge in [0.2, 0.25) is 0 Å². The molecule has 3 aromatic rings. The monoisotopic (exact) mass is 384 g/mol. The van der Waals surface area contributed by atoms with E-state index < -0.39 is 10.0 Å². The normalized spacial score (nSPS) is 11.0. The Morgan fingerprint density at radius 2 is 1.48 bits per heavy atom. The van der Waals surface area contributed by atoms with Gasteiger partial charge in [0.15, 0.2) is 0 Å². The molecule has 0 bridgehead atoms. The molecule has 0 aliphatic rings. The van der Waals surface area contributed by atoms with Gasteiger partial charge in [0, 0.05) is 17.8 Å². The van der Waals surface area contributed by atoms with Crippen molar-refractivity contribution in [2.45, 2.75) is 11.4 Å². The van der Waals surface area contributed by atoms with Gasteiger partial charge < -0.3 is 5.32 Å². The van der Waals surface area contributed by atoms with Gasteiger partial charge >= 0.3 is 0 Å². The highest BCUT2D eigenvalue weighted by Crippen LogP contribution is 2.16. The summed E-state index contributed by atoms with van der Waals surface area (Å²) >= 11 is 0. The lowest BCUT2D eigenvalue weighted by Gasteiger charge is -2.09. The molecule has 1 amide bonds. The van der Waals surface area contributed by atoms with Crippen LogP contribution in [0.5, 0.6) is 0 Å². The first kappa shape index (κ1) is 18.6. The van der Waals surface area contributed by atoms with Crippen molar-refractivity contribution in [1.29, 1.82) is 0 Å². The molecule has 0 unspecified atom stereocenters. The van der Waals surface area contributed by atoms with Crippen molar-refractivity contribution in [3.63, 3.8) is 0 Å². The Morgan fingerprint density at radius 1 is 0.852 bits per heavy atom. The Hall–Kier alpha value is -3.19. The molecule has 27 heavy (non-hydrogen) atoms. The van der Waals surface area contributed by atoms with Crippen LogP contribution in [0, 0.1) is 5.82 Å². The largest absolute Gasteiger partial charge is 0.348 e. The van der Waals surface area contributed by atoms with Crippen LogP contribution in [0.2, 0.25) is 0 Å². The second kappa shape index (κ2) is 8.01. The third-order valence-corrected chi connectivity index (χ3v) is 5.22. The number of benzene rings is 3. The lowest BCUT2D eigenvalue weighted by molar-refractivity contribution is 0.0951. The minimum absolute atomic E-state index is 0.0569. The van der Waals surface area contributed by atoms with Crippen molar-refractivity contribution in [2.24, 2.45) is 0 Å². The molecule has 0 heterocycles. The molecule has 0 radical (unpaired) electrons. The van der Waals surface area contributed by atoms with Gasteiger partial charge in [-0.25, -0.2) is 12.8 Å². The predicted molar refractivity (Wildman–Crippen MR) is 101 cm³/mol. The molecule has 138 valence electrons. The Bertz CT molecular complexity index is 1020. The van der Waals surface area contributed by atoms with E-state index in [0.717, 1.165) is 5.56 Å². The van der Waals surface area contributed by atoms with E-state index in [2.05, 4.69) is 10.0 Å². The quantitative estimate of drug-likeness (QED) is 0.682. The van der Waals surface area contributed by atoms with Crippen LogP contribution in [0.25, 0.3) is 0 Å². The molecular weight excluding hydrogens is 367 g/mol. The minimum Gasteiger partial charge on any atom is -0.348 e. The summed E-state index contributed by atoms with van der Waals surface area (Å²) in [4.78, 5) is 12.2. The van der Waals surface area contributed by atoms with Gasteiger partial charge in [-0.2, -0.15) is 0 Å². The first-order valence-corrected chi connectivity index (χ1v) is 9.63. The molecule has 0 aliphatic carbocycles. The Kier molecular flexibility index (Phi) is 5.52. The highest BCUT2D eigenvalue weighted by Gasteiger charge is 2.15. The van der Waals surface area contributed by atoms with Gasteiger partial charge in [-0.15, -0.1) is 0 Å². The maximum atomic E-state index is 12.9. The lowest BCUT2D eigenvalue weighted by atomic mass is 10.2. The molecule has 0 aliphatic heterocycles. The molecule has 0 saturated carbocycles. The van der Waals surface area contributed by atoms with Crippen LogP contribution in [-0.2, 0) is 16.6 Å². The zero-order valence-corrected chi connectivity index (χ0v) is 15.0. The number of rotatable bonds is 6. The van der Waals surface area contributed by atoms with Gasteiger partial charge in [0.25, 0.3) is 15.9 Å². The predicted octanol–water partition coefficient (Wildman–Crippen LogP) is 3.56. The molecule has 3 rings (SSSR count). The number of hydrogen-bond donors (Lipinski definition) is 2. The van der Waals surface area contributed by atoms with E-state index in [9.17, 15) is 17.6 Å². The van der Waals surface area contributed by atoms with Crippen LogP contribution in [0.1, 0.15) is 15.9 Å². The van der Waals surface area contributed by atoms with Crippen molar-refractivity contribution in [1.82, 2.24) is 5.32 Å². The maximum Gasteiger partial charge on any atom is 0.261 e. The zero-order valence-electron chi connectivity index (χ0n) is 14.2. The summed E-state index contributed by atoms with van der Waals surface area (Å²) in [6, 6.07) is 20.0. The van der Waals surface area contributed by atoms with Crippen LogP contribution in [0.3, 0.4) is 0 Å². The highest BCUT2D eigenvalue weighted by atomic mass is 32.2. The summed E-state index contributed by atoms with van der Waals surface area (Å²) in [6.07, 6.45) is 0. The standard InChI is InChI=1S/C20H17FN2O3S/c21-17-10-6-15(7-11-17)14-22-20(24)16-8-12-19(13-9-16)27(25,26)23-18-4-2-1-3-5-18/h1-13,23H,14H2,(H,22,24).